The highest BCUT2D eigenvalue weighted by molar-refractivity contribution is 6.02. The summed E-state index contributed by atoms with van der Waals surface area (Å²) in [5.74, 6) is -0.0872. The van der Waals surface area contributed by atoms with Crippen molar-refractivity contribution in [2.24, 2.45) is 0 Å². The van der Waals surface area contributed by atoms with Gasteiger partial charge in [0.2, 0.25) is 0 Å². The minimum atomic E-state index is -0.209. The predicted molar refractivity (Wildman–Crippen MR) is 102 cm³/mol. The van der Waals surface area contributed by atoms with E-state index in [1.807, 2.05) is 26.0 Å². The molecule has 1 heterocycles. The Morgan fingerprint density at radius 3 is 2.48 bits per heavy atom. The van der Waals surface area contributed by atoms with Gasteiger partial charge in [0, 0.05) is 44.6 Å². The van der Waals surface area contributed by atoms with Gasteiger partial charge in [-0.1, -0.05) is 6.92 Å². The molecule has 3 amide bonds. The average molecular weight is 346 g/mol. The maximum atomic E-state index is 12.8. The van der Waals surface area contributed by atoms with E-state index in [2.05, 4.69) is 15.5 Å². The van der Waals surface area contributed by atoms with Gasteiger partial charge in [-0.2, -0.15) is 0 Å². The van der Waals surface area contributed by atoms with E-state index in [9.17, 15) is 9.59 Å². The van der Waals surface area contributed by atoms with Gasteiger partial charge in [0.05, 0.1) is 5.56 Å². The Bertz CT molecular complexity index is 609. The Balaban J connectivity index is 2.30. The van der Waals surface area contributed by atoms with Crippen molar-refractivity contribution in [2.75, 3.05) is 37.4 Å². The second-order valence-corrected chi connectivity index (χ2v) is 6.89. The van der Waals surface area contributed by atoms with Crippen LogP contribution in [0.3, 0.4) is 0 Å². The molecule has 6 heteroatoms. The van der Waals surface area contributed by atoms with E-state index in [1.165, 1.54) is 11.3 Å². The summed E-state index contributed by atoms with van der Waals surface area (Å²) in [6, 6.07) is 5.50. The molecule has 1 aliphatic rings. The largest absolute Gasteiger partial charge is 0.371 e. The van der Waals surface area contributed by atoms with Crippen LogP contribution in [0.5, 0.6) is 0 Å². The number of urea groups is 1. The molecule has 1 aliphatic heterocycles. The maximum absolute atomic E-state index is 12.8. The highest BCUT2D eigenvalue weighted by Crippen LogP contribution is 2.27. The molecule has 0 bridgehead atoms. The summed E-state index contributed by atoms with van der Waals surface area (Å²) in [6.45, 7) is 5.97. The molecule has 1 fully saturated rings. The molecule has 1 saturated heterocycles. The SMILES string of the molecule is CCC(C)NC(=O)c1cc(NC(=O)N(C)C)ccc1N1CCCCC1. The molecule has 0 spiro atoms. The normalized spacial score (nSPS) is 15.4. The van der Waals surface area contributed by atoms with Crippen LogP contribution in [0.1, 0.15) is 49.9 Å². The van der Waals surface area contributed by atoms with Crippen molar-refractivity contribution < 1.29 is 9.59 Å². The smallest absolute Gasteiger partial charge is 0.321 e. The first-order valence-electron chi connectivity index (χ1n) is 9.10. The Morgan fingerprint density at radius 1 is 1.20 bits per heavy atom. The van der Waals surface area contributed by atoms with Crippen molar-refractivity contribution in [1.29, 1.82) is 0 Å². The van der Waals surface area contributed by atoms with Crippen molar-refractivity contribution in [1.82, 2.24) is 10.2 Å². The third-order valence-corrected chi connectivity index (χ3v) is 4.59. The molecular formula is C19H30N4O2. The van der Waals surface area contributed by atoms with Crippen molar-refractivity contribution in [3.63, 3.8) is 0 Å². The Kier molecular flexibility index (Phi) is 6.67. The third-order valence-electron chi connectivity index (χ3n) is 4.59. The molecule has 25 heavy (non-hydrogen) atoms. The zero-order valence-corrected chi connectivity index (χ0v) is 15.8. The van der Waals surface area contributed by atoms with Gasteiger partial charge in [0.25, 0.3) is 5.91 Å². The fraction of sp³-hybridized carbons (Fsp3) is 0.579. The molecule has 1 atom stereocenters. The lowest BCUT2D eigenvalue weighted by molar-refractivity contribution is 0.0939. The minimum Gasteiger partial charge on any atom is -0.371 e. The zero-order chi connectivity index (χ0) is 18.4. The number of hydrogen-bond donors (Lipinski definition) is 2. The fourth-order valence-corrected chi connectivity index (χ4v) is 2.85. The van der Waals surface area contributed by atoms with Gasteiger partial charge in [-0.3, -0.25) is 4.79 Å². The van der Waals surface area contributed by atoms with Crippen LogP contribution in [0, 0.1) is 0 Å². The first-order valence-corrected chi connectivity index (χ1v) is 9.10. The van der Waals surface area contributed by atoms with E-state index >= 15 is 0 Å². The summed E-state index contributed by atoms with van der Waals surface area (Å²) < 4.78 is 0. The molecule has 0 aliphatic carbocycles. The lowest BCUT2D eigenvalue weighted by Crippen LogP contribution is -2.35. The second kappa shape index (κ2) is 8.74. The van der Waals surface area contributed by atoms with E-state index in [0.717, 1.165) is 38.0 Å². The summed E-state index contributed by atoms with van der Waals surface area (Å²) in [4.78, 5) is 28.4. The van der Waals surface area contributed by atoms with Gasteiger partial charge in [0.15, 0.2) is 0 Å². The Hall–Kier alpha value is -2.24. The molecule has 1 unspecified atom stereocenters. The molecule has 6 nitrogen and oxygen atoms in total. The van der Waals surface area contributed by atoms with Crippen LogP contribution >= 0.6 is 0 Å². The van der Waals surface area contributed by atoms with Gasteiger partial charge in [-0.15, -0.1) is 0 Å². The summed E-state index contributed by atoms with van der Waals surface area (Å²) in [5, 5.41) is 5.86. The first kappa shape index (κ1) is 19.1. The lowest BCUT2D eigenvalue weighted by atomic mass is 10.1. The van der Waals surface area contributed by atoms with Gasteiger partial charge < -0.3 is 20.4 Å². The number of nitrogens with one attached hydrogen (secondary N) is 2. The molecule has 0 saturated carbocycles. The monoisotopic (exact) mass is 346 g/mol. The number of benzene rings is 1. The van der Waals surface area contributed by atoms with Crippen molar-refractivity contribution in [3.05, 3.63) is 23.8 Å². The second-order valence-electron chi connectivity index (χ2n) is 6.89. The number of rotatable bonds is 5. The van der Waals surface area contributed by atoms with E-state index < -0.39 is 0 Å². The number of carbonyl (C=O) groups excluding carboxylic acids is 2. The highest BCUT2D eigenvalue weighted by atomic mass is 16.2. The lowest BCUT2D eigenvalue weighted by Gasteiger charge is -2.31. The van der Waals surface area contributed by atoms with Crippen LogP contribution in [0.15, 0.2) is 18.2 Å². The summed E-state index contributed by atoms with van der Waals surface area (Å²) in [7, 11) is 3.38. The van der Waals surface area contributed by atoms with Crippen LogP contribution in [0.25, 0.3) is 0 Å². The average Bonchev–Trinajstić information content (AvgIpc) is 2.62. The molecular weight excluding hydrogens is 316 g/mol. The van der Waals surface area contributed by atoms with Crippen molar-refractivity contribution in [3.8, 4) is 0 Å². The third kappa shape index (κ3) is 5.11. The van der Waals surface area contributed by atoms with E-state index in [-0.39, 0.29) is 18.0 Å². The number of carbonyl (C=O) groups is 2. The number of amides is 3. The first-order chi connectivity index (χ1) is 11.9. The molecule has 1 aromatic carbocycles. The quantitative estimate of drug-likeness (QED) is 0.860. The fourth-order valence-electron chi connectivity index (χ4n) is 2.85. The number of hydrogen-bond acceptors (Lipinski definition) is 3. The molecule has 2 rings (SSSR count). The summed E-state index contributed by atoms with van der Waals surface area (Å²) in [6.07, 6.45) is 4.40. The van der Waals surface area contributed by atoms with Gasteiger partial charge in [-0.25, -0.2) is 4.79 Å². The van der Waals surface area contributed by atoms with E-state index in [1.54, 1.807) is 20.2 Å². The zero-order valence-electron chi connectivity index (χ0n) is 15.8. The van der Waals surface area contributed by atoms with Crippen LogP contribution in [0.2, 0.25) is 0 Å². The predicted octanol–water partition coefficient (Wildman–Crippen LogP) is 3.30. The topological polar surface area (TPSA) is 64.7 Å². The molecule has 1 aromatic rings. The highest BCUT2D eigenvalue weighted by Gasteiger charge is 2.20. The Morgan fingerprint density at radius 2 is 1.88 bits per heavy atom. The van der Waals surface area contributed by atoms with Crippen LogP contribution in [-0.4, -0.2) is 50.1 Å². The number of anilines is 2. The van der Waals surface area contributed by atoms with Gasteiger partial charge in [-0.05, 0) is 50.8 Å². The van der Waals surface area contributed by atoms with Crippen molar-refractivity contribution >= 4 is 23.3 Å². The maximum Gasteiger partial charge on any atom is 0.321 e. The molecule has 0 radical (unpaired) electrons. The minimum absolute atomic E-state index is 0.0872. The van der Waals surface area contributed by atoms with E-state index in [4.69, 9.17) is 0 Å². The van der Waals surface area contributed by atoms with Crippen LogP contribution in [0.4, 0.5) is 16.2 Å². The molecule has 138 valence electrons. The molecule has 0 aromatic heterocycles. The van der Waals surface area contributed by atoms with Crippen LogP contribution < -0.4 is 15.5 Å². The summed E-state index contributed by atoms with van der Waals surface area (Å²) >= 11 is 0. The standard InChI is InChI=1S/C19H30N4O2/c1-5-14(2)20-18(24)16-13-15(21-19(25)22(3)4)9-10-17(16)23-11-7-6-8-12-23/h9-10,13-14H,5-8,11-12H2,1-4H3,(H,20,24)(H,21,25). The summed E-state index contributed by atoms with van der Waals surface area (Å²) in [5.41, 5.74) is 2.20. The van der Waals surface area contributed by atoms with Gasteiger partial charge in [0.1, 0.15) is 0 Å². The van der Waals surface area contributed by atoms with Crippen molar-refractivity contribution in [2.45, 2.75) is 45.6 Å². The number of nitrogens with zero attached hydrogens (tertiary/aromatic N) is 2. The molecule has 2 N–H and O–H groups in total. The Labute approximate surface area is 150 Å². The van der Waals surface area contributed by atoms with Crippen LogP contribution in [-0.2, 0) is 0 Å². The van der Waals surface area contributed by atoms with E-state index in [0.29, 0.717) is 11.3 Å². The number of piperidine rings is 1. The van der Waals surface area contributed by atoms with Gasteiger partial charge >= 0.3 is 6.03 Å².